The van der Waals surface area contributed by atoms with Gasteiger partial charge in [-0.25, -0.2) is 0 Å². The Bertz CT molecular complexity index is 497. The molecular weight excluding hydrogens is 318 g/mol. The first-order valence-electron chi connectivity index (χ1n) is 6.74. The first-order chi connectivity index (χ1) is 10.1. The second kappa shape index (κ2) is 8.75. The van der Waals surface area contributed by atoms with Crippen LogP contribution in [0.4, 0.5) is 8.78 Å². The number of hydrogen-bond donors (Lipinski definition) is 2. The molecule has 124 valence electrons. The molecule has 1 aliphatic rings. The van der Waals surface area contributed by atoms with E-state index in [1.165, 1.54) is 25.3 Å². The Hall–Kier alpha value is -1.60. The van der Waals surface area contributed by atoms with Gasteiger partial charge in [0.05, 0.1) is 7.11 Å². The molecule has 0 bridgehead atoms. The number of carbonyl (C=O) groups excluding carboxylic acids is 1. The van der Waals surface area contributed by atoms with Gasteiger partial charge in [-0.2, -0.15) is 8.78 Å². The maximum absolute atomic E-state index is 12.2. The second-order valence-electron chi connectivity index (χ2n) is 4.75. The molecule has 1 atom stereocenters. The number of methoxy groups -OCH3 is 1. The average molecular weight is 337 g/mol. The van der Waals surface area contributed by atoms with E-state index in [1.54, 1.807) is 0 Å². The SMILES string of the molecule is COc1cc(C(=O)NCC2CCCN2)ccc1OC(F)F.Cl. The summed E-state index contributed by atoms with van der Waals surface area (Å²) in [5.74, 6) is -0.269. The molecule has 0 aliphatic carbocycles. The van der Waals surface area contributed by atoms with E-state index in [-0.39, 0.29) is 35.9 Å². The molecule has 0 saturated carbocycles. The van der Waals surface area contributed by atoms with Gasteiger partial charge in [-0.05, 0) is 37.6 Å². The third-order valence-corrected chi connectivity index (χ3v) is 3.31. The summed E-state index contributed by atoms with van der Waals surface area (Å²) in [6.45, 7) is -1.43. The monoisotopic (exact) mass is 336 g/mol. The Labute approximate surface area is 133 Å². The van der Waals surface area contributed by atoms with Gasteiger partial charge in [0.1, 0.15) is 0 Å². The van der Waals surface area contributed by atoms with Crippen LogP contribution in [0.15, 0.2) is 18.2 Å². The molecule has 1 fully saturated rings. The summed E-state index contributed by atoms with van der Waals surface area (Å²) < 4.78 is 33.7. The van der Waals surface area contributed by atoms with Gasteiger partial charge >= 0.3 is 6.61 Å². The van der Waals surface area contributed by atoms with Gasteiger partial charge in [0.25, 0.3) is 5.91 Å². The maximum atomic E-state index is 12.2. The minimum atomic E-state index is -2.94. The molecule has 0 spiro atoms. The number of amides is 1. The van der Waals surface area contributed by atoms with Gasteiger partial charge < -0.3 is 20.1 Å². The van der Waals surface area contributed by atoms with Crippen molar-refractivity contribution in [1.82, 2.24) is 10.6 Å². The Balaban J connectivity index is 0.00000242. The summed E-state index contributed by atoms with van der Waals surface area (Å²) in [7, 11) is 1.33. The van der Waals surface area contributed by atoms with Gasteiger partial charge in [0, 0.05) is 18.2 Å². The fraction of sp³-hybridized carbons (Fsp3) is 0.500. The van der Waals surface area contributed by atoms with Crippen LogP contribution in [0.25, 0.3) is 0 Å². The van der Waals surface area contributed by atoms with Crippen molar-refractivity contribution < 1.29 is 23.0 Å². The number of alkyl halides is 2. The zero-order valence-electron chi connectivity index (χ0n) is 12.1. The van der Waals surface area contributed by atoms with Crippen LogP contribution >= 0.6 is 12.4 Å². The van der Waals surface area contributed by atoms with Crippen LogP contribution in [0.5, 0.6) is 11.5 Å². The molecule has 1 aromatic carbocycles. The van der Waals surface area contributed by atoms with Gasteiger partial charge in [0.15, 0.2) is 11.5 Å². The van der Waals surface area contributed by atoms with Crippen molar-refractivity contribution in [2.45, 2.75) is 25.5 Å². The van der Waals surface area contributed by atoms with Gasteiger partial charge in [-0.1, -0.05) is 0 Å². The summed E-state index contributed by atoms with van der Waals surface area (Å²) in [6.07, 6.45) is 2.14. The highest BCUT2D eigenvalue weighted by molar-refractivity contribution is 5.94. The lowest BCUT2D eigenvalue weighted by molar-refractivity contribution is -0.0512. The van der Waals surface area contributed by atoms with Crippen LogP contribution in [-0.2, 0) is 0 Å². The van der Waals surface area contributed by atoms with E-state index in [0.717, 1.165) is 19.4 Å². The summed E-state index contributed by atoms with van der Waals surface area (Å²) in [4.78, 5) is 12.0. The summed E-state index contributed by atoms with van der Waals surface area (Å²) in [5, 5.41) is 6.08. The lowest BCUT2D eigenvalue weighted by atomic mass is 10.1. The number of hydrogen-bond acceptors (Lipinski definition) is 4. The van der Waals surface area contributed by atoms with Crippen molar-refractivity contribution in [3.05, 3.63) is 23.8 Å². The van der Waals surface area contributed by atoms with Crippen molar-refractivity contribution in [2.24, 2.45) is 0 Å². The number of nitrogens with one attached hydrogen (secondary N) is 2. The van der Waals surface area contributed by atoms with Crippen molar-refractivity contribution in [3.8, 4) is 11.5 Å². The molecule has 1 heterocycles. The van der Waals surface area contributed by atoms with E-state index < -0.39 is 6.61 Å². The number of ether oxygens (including phenoxy) is 2. The molecule has 22 heavy (non-hydrogen) atoms. The third kappa shape index (κ3) is 4.99. The molecule has 1 aliphatic heterocycles. The molecule has 1 saturated heterocycles. The van der Waals surface area contributed by atoms with E-state index in [1.807, 2.05) is 0 Å². The summed E-state index contributed by atoms with van der Waals surface area (Å²) in [6, 6.07) is 4.40. The van der Waals surface area contributed by atoms with Gasteiger partial charge in [0.2, 0.25) is 0 Å². The fourth-order valence-electron chi connectivity index (χ4n) is 2.25. The third-order valence-electron chi connectivity index (χ3n) is 3.31. The van der Waals surface area contributed by atoms with Crippen molar-refractivity contribution in [3.63, 3.8) is 0 Å². The van der Waals surface area contributed by atoms with Crippen LogP contribution < -0.4 is 20.1 Å². The molecule has 1 aromatic rings. The van der Waals surface area contributed by atoms with Gasteiger partial charge in [-0.15, -0.1) is 12.4 Å². The molecule has 0 radical (unpaired) electrons. The highest BCUT2D eigenvalue weighted by atomic mass is 35.5. The van der Waals surface area contributed by atoms with Crippen LogP contribution in [-0.4, -0.2) is 38.8 Å². The van der Waals surface area contributed by atoms with Crippen molar-refractivity contribution in [1.29, 1.82) is 0 Å². The predicted molar refractivity (Wildman–Crippen MR) is 80.2 cm³/mol. The molecule has 2 rings (SSSR count). The molecule has 1 amide bonds. The molecule has 0 aromatic heterocycles. The van der Waals surface area contributed by atoms with Crippen molar-refractivity contribution >= 4 is 18.3 Å². The van der Waals surface area contributed by atoms with Crippen LogP contribution in [0.2, 0.25) is 0 Å². The highest BCUT2D eigenvalue weighted by Gasteiger charge is 2.17. The highest BCUT2D eigenvalue weighted by Crippen LogP contribution is 2.29. The first-order valence-corrected chi connectivity index (χ1v) is 6.74. The van der Waals surface area contributed by atoms with Crippen LogP contribution in [0.3, 0.4) is 0 Å². The zero-order chi connectivity index (χ0) is 15.2. The van der Waals surface area contributed by atoms with E-state index in [2.05, 4.69) is 15.4 Å². The lowest BCUT2D eigenvalue weighted by Crippen LogP contribution is -2.37. The topological polar surface area (TPSA) is 59.6 Å². The Morgan fingerprint density at radius 1 is 1.45 bits per heavy atom. The molecule has 2 N–H and O–H groups in total. The molecule has 8 heteroatoms. The Morgan fingerprint density at radius 2 is 2.23 bits per heavy atom. The molecule has 1 unspecified atom stereocenters. The van der Waals surface area contributed by atoms with E-state index >= 15 is 0 Å². The minimum Gasteiger partial charge on any atom is -0.493 e. The number of carbonyl (C=O) groups is 1. The predicted octanol–water partition coefficient (Wildman–Crippen LogP) is 2.20. The summed E-state index contributed by atoms with van der Waals surface area (Å²) >= 11 is 0. The van der Waals surface area contributed by atoms with E-state index in [9.17, 15) is 13.6 Å². The largest absolute Gasteiger partial charge is 0.493 e. The Kier molecular flexibility index (Phi) is 7.34. The normalized spacial score (nSPS) is 17.0. The van der Waals surface area contributed by atoms with Crippen LogP contribution in [0, 0.1) is 0 Å². The number of halogens is 3. The minimum absolute atomic E-state index is 0. The van der Waals surface area contributed by atoms with E-state index in [0.29, 0.717) is 12.1 Å². The fourth-order valence-corrected chi connectivity index (χ4v) is 2.25. The van der Waals surface area contributed by atoms with E-state index in [4.69, 9.17) is 4.74 Å². The lowest BCUT2D eigenvalue weighted by Gasteiger charge is -2.13. The number of rotatable bonds is 6. The summed E-state index contributed by atoms with van der Waals surface area (Å²) in [5.41, 5.74) is 0.339. The van der Waals surface area contributed by atoms with Gasteiger partial charge in [-0.3, -0.25) is 4.79 Å². The molecular formula is C14H19ClF2N2O3. The standard InChI is InChI=1S/C14H18F2N2O3.ClH/c1-20-12-7-9(4-5-11(12)21-14(15)16)13(19)18-8-10-3-2-6-17-10;/h4-5,7,10,14,17H,2-3,6,8H2,1H3,(H,18,19);1H. The zero-order valence-corrected chi connectivity index (χ0v) is 12.9. The first kappa shape index (κ1) is 18.4. The Morgan fingerprint density at radius 3 is 2.82 bits per heavy atom. The maximum Gasteiger partial charge on any atom is 0.387 e. The van der Waals surface area contributed by atoms with Crippen LogP contribution in [0.1, 0.15) is 23.2 Å². The quantitative estimate of drug-likeness (QED) is 0.836. The number of benzene rings is 1. The van der Waals surface area contributed by atoms with Crippen molar-refractivity contribution in [2.75, 3.05) is 20.2 Å². The second-order valence-corrected chi connectivity index (χ2v) is 4.75. The molecule has 5 nitrogen and oxygen atoms in total. The average Bonchev–Trinajstić information content (AvgIpc) is 2.98. The smallest absolute Gasteiger partial charge is 0.387 e.